The number of thioether (sulfide) groups is 1. The number of rotatable bonds is 17. The molecule has 1 heterocycles. The van der Waals surface area contributed by atoms with Crippen molar-refractivity contribution in [3.63, 3.8) is 0 Å². The van der Waals surface area contributed by atoms with Crippen LogP contribution in [-0.4, -0.2) is 53.9 Å². The van der Waals surface area contributed by atoms with E-state index in [9.17, 15) is 14.6 Å². The molecule has 1 aliphatic heterocycles. The maximum atomic E-state index is 14.6. The summed E-state index contributed by atoms with van der Waals surface area (Å²) in [6.07, 6.45) is 9.66. The van der Waals surface area contributed by atoms with E-state index in [2.05, 4.69) is 61.2 Å². The molecule has 0 saturated heterocycles. The molecule has 2 N–H and O–H groups in total. The third-order valence-corrected chi connectivity index (χ3v) is 12.5. The first-order valence-electron chi connectivity index (χ1n) is 19.1. The number of nitrogens with zero attached hydrogens (tertiary/aromatic N) is 1. The summed E-state index contributed by atoms with van der Waals surface area (Å²) in [6, 6.07) is 27.5. The second kappa shape index (κ2) is 17.5. The molecule has 2 aliphatic carbocycles. The van der Waals surface area contributed by atoms with Gasteiger partial charge in [0, 0.05) is 41.6 Å². The molecule has 9 heteroatoms. The summed E-state index contributed by atoms with van der Waals surface area (Å²) in [5.41, 5.74) is 3.45. The fourth-order valence-electron chi connectivity index (χ4n) is 8.81. The van der Waals surface area contributed by atoms with Crippen LogP contribution in [0.1, 0.15) is 62.0 Å². The Balaban J connectivity index is 1.38. The summed E-state index contributed by atoms with van der Waals surface area (Å²) in [7, 11) is 1.59. The van der Waals surface area contributed by atoms with Crippen molar-refractivity contribution in [2.45, 2.75) is 73.4 Å². The van der Waals surface area contributed by atoms with Crippen molar-refractivity contribution in [2.24, 2.45) is 22.9 Å². The Bertz CT molecular complexity index is 1980. The zero-order valence-corrected chi connectivity index (χ0v) is 31.7. The summed E-state index contributed by atoms with van der Waals surface area (Å²) >= 11 is 1.74. The lowest BCUT2D eigenvalue weighted by Crippen LogP contribution is -2.64. The first-order valence-corrected chi connectivity index (χ1v) is 20.0. The standard InChI is InChI=1S/C45H50FNO6S/c1-3-24-52-45-42(54-35-20-18-30-12-4-5-13-31(30)25-35)28-40(47-50-2)37-26-32(14-8-10-22-48)36(16-9-11-23-49)43(44(37)45)38-27-34(19-21-41(38)53-45)51-29-33-15-6-7-17-39(33)46/h3-7,12-13,15,17-21,25-27,32,36,42-44,48-49H,1,8-11,14,16,22-24,28-29H2,2H3. The van der Waals surface area contributed by atoms with Gasteiger partial charge in [0.2, 0.25) is 5.79 Å². The van der Waals surface area contributed by atoms with Crippen LogP contribution in [0, 0.1) is 23.6 Å². The lowest BCUT2D eigenvalue weighted by molar-refractivity contribution is -0.223. The van der Waals surface area contributed by atoms with Gasteiger partial charge >= 0.3 is 0 Å². The topological polar surface area (TPSA) is 89.7 Å². The Labute approximate surface area is 321 Å². The van der Waals surface area contributed by atoms with Crippen molar-refractivity contribution in [3.05, 3.63) is 126 Å². The van der Waals surface area contributed by atoms with Gasteiger partial charge in [-0.15, -0.1) is 18.3 Å². The number of hydrogen-bond acceptors (Lipinski definition) is 8. The maximum absolute atomic E-state index is 14.6. The molecule has 7 rings (SSSR count). The van der Waals surface area contributed by atoms with Crippen molar-refractivity contribution in [1.29, 1.82) is 0 Å². The number of hydrogen-bond donors (Lipinski definition) is 2. The van der Waals surface area contributed by atoms with Crippen LogP contribution < -0.4 is 9.47 Å². The summed E-state index contributed by atoms with van der Waals surface area (Å²) in [5.74, 6) is -0.0413. The highest BCUT2D eigenvalue weighted by molar-refractivity contribution is 8.00. The van der Waals surface area contributed by atoms with Crippen molar-refractivity contribution >= 4 is 28.2 Å². The first kappa shape index (κ1) is 38.1. The molecule has 3 aliphatic rings. The van der Waals surface area contributed by atoms with Gasteiger partial charge in [-0.2, -0.15) is 0 Å². The quantitative estimate of drug-likeness (QED) is 0.0631. The van der Waals surface area contributed by atoms with Crippen molar-refractivity contribution in [3.8, 4) is 11.5 Å². The van der Waals surface area contributed by atoms with Gasteiger partial charge in [0.25, 0.3) is 0 Å². The number of ether oxygens (including phenoxy) is 3. The molecule has 4 aromatic rings. The minimum atomic E-state index is -1.10. The van der Waals surface area contributed by atoms with E-state index >= 15 is 0 Å². The molecular formula is C45H50FNO6S. The van der Waals surface area contributed by atoms with E-state index in [0.717, 1.165) is 65.0 Å². The van der Waals surface area contributed by atoms with Gasteiger partial charge < -0.3 is 29.3 Å². The van der Waals surface area contributed by atoms with Gasteiger partial charge in [-0.25, -0.2) is 4.39 Å². The fourth-order valence-corrected chi connectivity index (χ4v) is 10.1. The summed E-state index contributed by atoms with van der Waals surface area (Å²) in [5, 5.41) is 26.4. The van der Waals surface area contributed by atoms with Crippen molar-refractivity contribution < 1.29 is 33.7 Å². The van der Waals surface area contributed by atoms with Crippen LogP contribution in [0.3, 0.4) is 0 Å². The third-order valence-electron chi connectivity index (χ3n) is 11.2. The third kappa shape index (κ3) is 7.83. The van der Waals surface area contributed by atoms with Crippen molar-refractivity contribution in [2.75, 3.05) is 26.9 Å². The molecule has 6 atom stereocenters. The fraction of sp³-hybridized carbons (Fsp3) is 0.400. The molecule has 54 heavy (non-hydrogen) atoms. The molecule has 6 unspecified atom stereocenters. The van der Waals surface area contributed by atoms with E-state index in [1.165, 1.54) is 11.5 Å². The number of aliphatic hydroxyl groups is 2. The number of allylic oxidation sites excluding steroid dienone is 1. The van der Waals surface area contributed by atoms with Crippen LogP contribution in [0.4, 0.5) is 4.39 Å². The Morgan fingerprint density at radius 3 is 2.50 bits per heavy atom. The zero-order chi connectivity index (χ0) is 37.5. The lowest BCUT2D eigenvalue weighted by atomic mass is 9.56. The molecule has 0 aromatic heterocycles. The average Bonchev–Trinajstić information content (AvgIpc) is 3.19. The second-order valence-electron chi connectivity index (χ2n) is 14.4. The normalized spacial score (nSPS) is 25.0. The zero-order valence-electron chi connectivity index (χ0n) is 30.9. The molecule has 0 spiro atoms. The molecule has 4 aromatic carbocycles. The van der Waals surface area contributed by atoms with Gasteiger partial charge in [-0.3, -0.25) is 0 Å². The van der Waals surface area contributed by atoms with Crippen LogP contribution >= 0.6 is 11.8 Å². The number of halogens is 1. The van der Waals surface area contributed by atoms with E-state index in [1.54, 1.807) is 37.1 Å². The van der Waals surface area contributed by atoms with Gasteiger partial charge in [-0.1, -0.05) is 78.7 Å². The van der Waals surface area contributed by atoms with Gasteiger partial charge in [0.05, 0.1) is 23.5 Å². The lowest BCUT2D eigenvalue weighted by Gasteiger charge is -2.58. The molecule has 0 amide bonds. The van der Waals surface area contributed by atoms with Crippen LogP contribution in [0.15, 0.2) is 119 Å². The largest absolute Gasteiger partial charge is 0.489 e. The Morgan fingerprint density at radius 1 is 0.944 bits per heavy atom. The van der Waals surface area contributed by atoms with E-state index in [1.807, 2.05) is 18.2 Å². The number of benzene rings is 4. The molecule has 1 saturated carbocycles. The van der Waals surface area contributed by atoms with E-state index in [-0.39, 0.29) is 61.2 Å². The average molecular weight is 752 g/mol. The highest BCUT2D eigenvalue weighted by Crippen LogP contribution is 2.63. The van der Waals surface area contributed by atoms with Gasteiger partial charge in [0.15, 0.2) is 0 Å². The summed E-state index contributed by atoms with van der Waals surface area (Å²) in [4.78, 5) is 6.67. The number of unbranched alkanes of at least 4 members (excludes halogenated alkanes) is 2. The van der Waals surface area contributed by atoms with Crippen LogP contribution in [-0.2, 0) is 16.2 Å². The molecule has 1 fully saturated rings. The number of oxime groups is 1. The highest BCUT2D eigenvalue weighted by atomic mass is 32.2. The minimum Gasteiger partial charge on any atom is -0.489 e. The Morgan fingerprint density at radius 2 is 1.72 bits per heavy atom. The summed E-state index contributed by atoms with van der Waals surface area (Å²) < 4.78 is 35.2. The highest BCUT2D eigenvalue weighted by Gasteiger charge is 2.64. The SMILES string of the molecule is C=CCOC12Oc3ccc(OCc4ccccc4F)cc3C3C(CCCCO)C(CCCCO)C=C(C(=NOC)CC1Sc1ccc4ccccc4c1)C32. The monoisotopic (exact) mass is 751 g/mol. The molecule has 0 radical (unpaired) electrons. The Hall–Kier alpha value is -4.15. The summed E-state index contributed by atoms with van der Waals surface area (Å²) in [6.45, 7) is 4.69. The minimum absolute atomic E-state index is 0.0737. The maximum Gasteiger partial charge on any atom is 0.231 e. The number of fused-ring (bicyclic) bond motifs is 3. The van der Waals surface area contributed by atoms with Crippen LogP contribution in [0.25, 0.3) is 10.8 Å². The van der Waals surface area contributed by atoms with Crippen LogP contribution in [0.5, 0.6) is 11.5 Å². The van der Waals surface area contributed by atoms with Crippen molar-refractivity contribution in [1.82, 2.24) is 0 Å². The van der Waals surface area contributed by atoms with E-state index in [0.29, 0.717) is 24.2 Å². The second-order valence-corrected chi connectivity index (χ2v) is 15.7. The predicted molar refractivity (Wildman–Crippen MR) is 213 cm³/mol. The van der Waals surface area contributed by atoms with Gasteiger partial charge in [0.1, 0.15) is 31.0 Å². The van der Waals surface area contributed by atoms with E-state index in [4.69, 9.17) is 24.2 Å². The first-order chi connectivity index (χ1) is 26.5. The molecular weight excluding hydrogens is 702 g/mol. The molecule has 284 valence electrons. The molecule has 7 nitrogen and oxygen atoms in total. The predicted octanol–water partition coefficient (Wildman–Crippen LogP) is 9.61. The molecule has 0 bridgehead atoms. The number of aliphatic hydroxyl groups excluding tert-OH is 2. The smallest absolute Gasteiger partial charge is 0.231 e. The Kier molecular flexibility index (Phi) is 12.4. The van der Waals surface area contributed by atoms with E-state index < -0.39 is 5.79 Å². The van der Waals surface area contributed by atoms with Gasteiger partial charge in [-0.05, 0) is 90.3 Å². The van der Waals surface area contributed by atoms with Crippen LogP contribution in [0.2, 0.25) is 0 Å².